The van der Waals surface area contributed by atoms with Crippen molar-refractivity contribution in [2.75, 3.05) is 24.5 Å². The van der Waals surface area contributed by atoms with Gasteiger partial charge in [0.1, 0.15) is 0 Å². The first-order chi connectivity index (χ1) is 12.4. The van der Waals surface area contributed by atoms with Gasteiger partial charge in [-0.25, -0.2) is 8.42 Å². The quantitative estimate of drug-likeness (QED) is 0.585. The first kappa shape index (κ1) is 20.4. The molecule has 0 heterocycles. The van der Waals surface area contributed by atoms with Crippen molar-refractivity contribution < 1.29 is 17.9 Å². The molecule has 2 aromatic carbocycles. The summed E-state index contributed by atoms with van der Waals surface area (Å²) in [6, 6.07) is 12.7. The molecular formula is C18H21BrN2O4S. The Bertz CT molecular complexity index is 839. The molecule has 0 aliphatic carbocycles. The molecule has 0 bridgehead atoms. The second kappa shape index (κ2) is 9.70. The van der Waals surface area contributed by atoms with Crippen LogP contribution in [0.3, 0.4) is 0 Å². The van der Waals surface area contributed by atoms with E-state index in [9.17, 15) is 13.2 Å². The molecule has 1 amide bonds. The zero-order chi connectivity index (χ0) is 19.0. The lowest BCUT2D eigenvalue weighted by Gasteiger charge is -2.10. The van der Waals surface area contributed by atoms with Crippen molar-refractivity contribution in [1.82, 2.24) is 5.32 Å². The minimum Gasteiger partial charge on any atom is -0.382 e. The molecule has 140 valence electrons. The Hall–Kier alpha value is -1.90. The Morgan fingerprint density at radius 2 is 1.88 bits per heavy atom. The van der Waals surface area contributed by atoms with Gasteiger partial charge in [-0.15, -0.1) is 0 Å². The number of hydrogen-bond acceptors (Lipinski definition) is 4. The number of nitrogens with one attached hydrogen (secondary N) is 2. The van der Waals surface area contributed by atoms with E-state index in [1.807, 2.05) is 6.92 Å². The van der Waals surface area contributed by atoms with Crippen LogP contribution in [0, 0.1) is 0 Å². The van der Waals surface area contributed by atoms with Crippen molar-refractivity contribution in [3.05, 3.63) is 58.6 Å². The van der Waals surface area contributed by atoms with E-state index in [2.05, 4.69) is 26.0 Å². The van der Waals surface area contributed by atoms with E-state index < -0.39 is 10.0 Å². The van der Waals surface area contributed by atoms with Crippen molar-refractivity contribution in [1.29, 1.82) is 0 Å². The fraction of sp³-hybridized carbons (Fsp3) is 0.278. The van der Waals surface area contributed by atoms with Gasteiger partial charge in [0.15, 0.2) is 0 Å². The Morgan fingerprint density at radius 3 is 2.58 bits per heavy atom. The van der Waals surface area contributed by atoms with Crippen LogP contribution in [0.15, 0.2) is 57.9 Å². The number of sulfonamides is 1. The van der Waals surface area contributed by atoms with E-state index in [4.69, 9.17) is 4.74 Å². The number of amides is 1. The number of halogens is 1. The van der Waals surface area contributed by atoms with Crippen molar-refractivity contribution in [2.45, 2.75) is 18.2 Å². The molecule has 2 aromatic rings. The van der Waals surface area contributed by atoms with Gasteiger partial charge in [-0.1, -0.05) is 22.0 Å². The second-order valence-electron chi connectivity index (χ2n) is 5.45. The van der Waals surface area contributed by atoms with Gasteiger partial charge >= 0.3 is 0 Å². The highest BCUT2D eigenvalue weighted by Crippen LogP contribution is 2.19. The minimum atomic E-state index is -3.78. The monoisotopic (exact) mass is 440 g/mol. The second-order valence-corrected chi connectivity index (χ2v) is 8.04. The molecule has 0 aliphatic rings. The van der Waals surface area contributed by atoms with Gasteiger partial charge in [-0.2, -0.15) is 0 Å². The van der Waals surface area contributed by atoms with Crippen LogP contribution in [-0.4, -0.2) is 34.1 Å². The third-order valence-electron chi connectivity index (χ3n) is 3.46. The van der Waals surface area contributed by atoms with Gasteiger partial charge in [-0.05, 0) is 55.8 Å². The summed E-state index contributed by atoms with van der Waals surface area (Å²) in [5.41, 5.74) is 0.735. The van der Waals surface area contributed by atoms with Gasteiger partial charge in [0.2, 0.25) is 0 Å². The van der Waals surface area contributed by atoms with Crippen LogP contribution in [0.1, 0.15) is 23.7 Å². The maximum Gasteiger partial charge on any atom is 0.261 e. The number of rotatable bonds is 9. The molecular weight excluding hydrogens is 420 g/mol. The van der Waals surface area contributed by atoms with E-state index in [1.54, 1.807) is 36.4 Å². The molecule has 0 aromatic heterocycles. The number of benzene rings is 2. The molecule has 8 heteroatoms. The molecule has 0 spiro atoms. The first-order valence-electron chi connectivity index (χ1n) is 8.17. The summed E-state index contributed by atoms with van der Waals surface area (Å²) in [6.45, 7) is 3.58. The van der Waals surface area contributed by atoms with Gasteiger partial charge < -0.3 is 10.1 Å². The Labute approximate surface area is 162 Å². The van der Waals surface area contributed by atoms with E-state index >= 15 is 0 Å². The largest absolute Gasteiger partial charge is 0.382 e. The van der Waals surface area contributed by atoms with E-state index in [1.165, 1.54) is 12.1 Å². The molecule has 0 aliphatic heterocycles. The Balaban J connectivity index is 2.04. The average Bonchev–Trinajstić information content (AvgIpc) is 2.63. The molecule has 6 nitrogen and oxygen atoms in total. The zero-order valence-corrected chi connectivity index (χ0v) is 16.8. The van der Waals surface area contributed by atoms with Crippen molar-refractivity contribution in [2.24, 2.45) is 0 Å². The van der Waals surface area contributed by atoms with Crippen LogP contribution < -0.4 is 10.0 Å². The average molecular weight is 441 g/mol. The summed E-state index contributed by atoms with van der Waals surface area (Å²) >= 11 is 3.30. The third kappa shape index (κ3) is 6.12. The minimum absolute atomic E-state index is 0.0300. The van der Waals surface area contributed by atoms with E-state index in [-0.39, 0.29) is 10.8 Å². The molecule has 0 unspecified atom stereocenters. The fourth-order valence-electron chi connectivity index (χ4n) is 2.16. The van der Waals surface area contributed by atoms with Gasteiger partial charge in [0.05, 0.1) is 4.90 Å². The van der Waals surface area contributed by atoms with Gasteiger partial charge in [0.25, 0.3) is 15.9 Å². The standard InChI is InChI=1S/C18H21BrN2O4S/c1-2-25-12-4-11-20-18(22)14-5-3-6-17(13-14)26(23,24)21-16-9-7-15(19)8-10-16/h3,5-10,13,21H,2,4,11-12H2,1H3,(H,20,22). The predicted octanol–water partition coefficient (Wildman–Crippen LogP) is 3.41. The van der Waals surface area contributed by atoms with Crippen LogP contribution in [0.25, 0.3) is 0 Å². The molecule has 0 radical (unpaired) electrons. The van der Waals surface area contributed by atoms with Crippen molar-refractivity contribution >= 4 is 37.5 Å². The third-order valence-corrected chi connectivity index (χ3v) is 5.37. The van der Waals surface area contributed by atoms with Crippen LogP contribution in [0.4, 0.5) is 5.69 Å². The molecule has 26 heavy (non-hydrogen) atoms. The van der Waals surface area contributed by atoms with Gasteiger partial charge in [0, 0.05) is 35.5 Å². The molecule has 0 fully saturated rings. The fourth-order valence-corrected chi connectivity index (χ4v) is 3.53. The number of carbonyl (C=O) groups excluding carboxylic acids is 1. The van der Waals surface area contributed by atoms with Crippen molar-refractivity contribution in [3.8, 4) is 0 Å². The zero-order valence-electron chi connectivity index (χ0n) is 14.4. The van der Waals surface area contributed by atoms with Crippen LogP contribution in [0.5, 0.6) is 0 Å². The maximum atomic E-state index is 12.5. The van der Waals surface area contributed by atoms with Gasteiger partial charge in [-0.3, -0.25) is 9.52 Å². The summed E-state index contributed by atoms with van der Waals surface area (Å²) in [7, 11) is -3.78. The summed E-state index contributed by atoms with van der Waals surface area (Å²) in [6.07, 6.45) is 0.697. The highest BCUT2D eigenvalue weighted by Gasteiger charge is 2.16. The van der Waals surface area contributed by atoms with E-state index in [0.29, 0.717) is 37.4 Å². The van der Waals surface area contributed by atoms with Crippen LogP contribution in [0.2, 0.25) is 0 Å². The van der Waals surface area contributed by atoms with Crippen LogP contribution >= 0.6 is 15.9 Å². The van der Waals surface area contributed by atoms with Crippen molar-refractivity contribution in [3.63, 3.8) is 0 Å². The summed E-state index contributed by atoms with van der Waals surface area (Å²) in [5, 5.41) is 2.75. The summed E-state index contributed by atoms with van der Waals surface area (Å²) < 4.78 is 33.6. The number of anilines is 1. The normalized spacial score (nSPS) is 11.2. The lowest BCUT2D eigenvalue weighted by atomic mass is 10.2. The molecule has 0 saturated carbocycles. The molecule has 0 saturated heterocycles. The lowest BCUT2D eigenvalue weighted by Crippen LogP contribution is -2.25. The predicted molar refractivity (Wildman–Crippen MR) is 105 cm³/mol. The number of hydrogen-bond donors (Lipinski definition) is 2. The molecule has 2 N–H and O–H groups in total. The number of ether oxygens (including phenoxy) is 1. The first-order valence-corrected chi connectivity index (χ1v) is 10.4. The highest BCUT2D eigenvalue weighted by molar-refractivity contribution is 9.10. The highest BCUT2D eigenvalue weighted by atomic mass is 79.9. The van der Waals surface area contributed by atoms with Crippen LogP contribution in [-0.2, 0) is 14.8 Å². The topological polar surface area (TPSA) is 84.5 Å². The lowest BCUT2D eigenvalue weighted by molar-refractivity contribution is 0.0944. The SMILES string of the molecule is CCOCCCNC(=O)c1cccc(S(=O)(=O)Nc2ccc(Br)cc2)c1. The Morgan fingerprint density at radius 1 is 1.15 bits per heavy atom. The maximum absolute atomic E-state index is 12.5. The molecule has 2 rings (SSSR count). The van der Waals surface area contributed by atoms with E-state index in [0.717, 1.165) is 4.47 Å². The Kier molecular flexibility index (Phi) is 7.62. The number of carbonyl (C=O) groups is 1. The molecule has 0 atom stereocenters. The summed E-state index contributed by atoms with van der Waals surface area (Å²) in [5.74, 6) is -0.317. The summed E-state index contributed by atoms with van der Waals surface area (Å²) in [4.78, 5) is 12.2. The smallest absolute Gasteiger partial charge is 0.261 e.